The second-order valence-electron chi connectivity index (χ2n) is 5.16. The van der Waals surface area contributed by atoms with Crippen LogP contribution >= 0.6 is 24.0 Å². The molecule has 1 fully saturated rings. The Kier molecular flexibility index (Phi) is 6.20. The number of nitro benzene ring substituents is 1. The molecule has 1 heterocycles. The highest BCUT2D eigenvalue weighted by Crippen LogP contribution is 2.28. The number of nitrogens with zero attached hydrogens (tertiary/aromatic N) is 2. The topological polar surface area (TPSA) is 72.4 Å². The fourth-order valence-electron chi connectivity index (χ4n) is 2.64. The Balaban J connectivity index is 0.00000200. The minimum absolute atomic E-state index is 0. The van der Waals surface area contributed by atoms with Crippen molar-refractivity contribution in [2.45, 2.75) is 25.9 Å². The summed E-state index contributed by atoms with van der Waals surface area (Å²) in [4.78, 5) is 12.7. The second-order valence-corrected chi connectivity index (χ2v) is 5.57. The van der Waals surface area contributed by atoms with Gasteiger partial charge in [0.2, 0.25) is 0 Å². The summed E-state index contributed by atoms with van der Waals surface area (Å²) < 4.78 is 0. The first-order valence-corrected chi connectivity index (χ1v) is 6.76. The van der Waals surface area contributed by atoms with Crippen LogP contribution < -0.4 is 5.73 Å². The number of hydrogen-bond donors (Lipinski definition) is 1. The molecular weight excluding hydrogens is 301 g/mol. The molecule has 20 heavy (non-hydrogen) atoms. The molecule has 7 heteroatoms. The van der Waals surface area contributed by atoms with E-state index >= 15 is 0 Å². The van der Waals surface area contributed by atoms with Crippen LogP contribution in [0.25, 0.3) is 0 Å². The molecule has 1 aliphatic heterocycles. The maximum atomic E-state index is 10.9. The molecule has 1 saturated heterocycles. The number of rotatable bonds is 4. The Labute approximate surface area is 129 Å². The third-order valence-electron chi connectivity index (χ3n) is 3.72. The van der Waals surface area contributed by atoms with Gasteiger partial charge in [-0.05, 0) is 37.4 Å². The lowest BCUT2D eigenvalue weighted by Crippen LogP contribution is -2.27. The number of likely N-dealkylation sites (tertiary alicyclic amines) is 1. The number of hydrogen-bond acceptors (Lipinski definition) is 4. The zero-order chi connectivity index (χ0) is 14.0. The predicted octanol–water partition coefficient (Wildman–Crippen LogP) is 2.84. The van der Waals surface area contributed by atoms with Gasteiger partial charge in [-0.1, -0.05) is 17.7 Å². The Morgan fingerprint density at radius 2 is 2.25 bits per heavy atom. The molecule has 2 rings (SSSR count). The van der Waals surface area contributed by atoms with Crippen molar-refractivity contribution in [3.8, 4) is 0 Å². The first kappa shape index (κ1) is 17.2. The van der Waals surface area contributed by atoms with Gasteiger partial charge in [0.25, 0.3) is 5.69 Å². The maximum absolute atomic E-state index is 10.9. The van der Waals surface area contributed by atoms with E-state index in [9.17, 15) is 10.1 Å². The summed E-state index contributed by atoms with van der Waals surface area (Å²) in [6.45, 7) is 4.52. The van der Waals surface area contributed by atoms with Crippen LogP contribution in [0.5, 0.6) is 0 Å². The van der Waals surface area contributed by atoms with Crippen LogP contribution in [-0.2, 0) is 6.54 Å². The Hall–Kier alpha value is -0.880. The van der Waals surface area contributed by atoms with Gasteiger partial charge in [-0.25, -0.2) is 0 Å². The summed E-state index contributed by atoms with van der Waals surface area (Å²) in [6, 6.07) is 5.46. The Bertz CT molecular complexity index is 485. The summed E-state index contributed by atoms with van der Waals surface area (Å²) in [5, 5.41) is 11.0. The fourth-order valence-corrected chi connectivity index (χ4v) is 2.83. The number of nitro groups is 1. The van der Waals surface area contributed by atoms with Crippen LogP contribution in [-0.4, -0.2) is 29.0 Å². The van der Waals surface area contributed by atoms with Gasteiger partial charge in [0.15, 0.2) is 0 Å². The van der Waals surface area contributed by atoms with Gasteiger partial charge in [0.05, 0.1) is 4.92 Å². The molecule has 1 aromatic rings. The van der Waals surface area contributed by atoms with Gasteiger partial charge >= 0.3 is 0 Å². The molecule has 0 aromatic heterocycles. The zero-order valence-electron chi connectivity index (χ0n) is 11.3. The van der Waals surface area contributed by atoms with Crippen molar-refractivity contribution in [1.29, 1.82) is 0 Å². The van der Waals surface area contributed by atoms with E-state index in [1.165, 1.54) is 0 Å². The highest BCUT2D eigenvalue weighted by Gasteiger charge is 2.28. The average molecular weight is 320 g/mol. The highest BCUT2D eigenvalue weighted by atomic mass is 35.5. The lowest BCUT2D eigenvalue weighted by atomic mass is 10.1. The van der Waals surface area contributed by atoms with E-state index in [1.54, 1.807) is 12.1 Å². The second kappa shape index (κ2) is 7.22. The van der Waals surface area contributed by atoms with Crippen molar-refractivity contribution in [3.05, 3.63) is 38.9 Å². The average Bonchev–Trinajstić information content (AvgIpc) is 2.72. The van der Waals surface area contributed by atoms with Crippen molar-refractivity contribution in [2.24, 2.45) is 11.7 Å². The largest absolute Gasteiger partial charge is 0.330 e. The van der Waals surface area contributed by atoms with Gasteiger partial charge in [-0.3, -0.25) is 15.0 Å². The molecule has 0 radical (unpaired) electrons. The van der Waals surface area contributed by atoms with Gasteiger partial charge in [-0.2, -0.15) is 0 Å². The first-order valence-electron chi connectivity index (χ1n) is 6.38. The summed E-state index contributed by atoms with van der Waals surface area (Å²) >= 11 is 5.81. The number of nitrogens with two attached hydrogens (primary N) is 1. The molecule has 5 nitrogen and oxygen atoms in total. The van der Waals surface area contributed by atoms with Crippen molar-refractivity contribution in [2.75, 3.05) is 13.1 Å². The zero-order valence-corrected chi connectivity index (χ0v) is 12.9. The van der Waals surface area contributed by atoms with E-state index in [0.717, 1.165) is 18.5 Å². The van der Waals surface area contributed by atoms with Crippen molar-refractivity contribution in [3.63, 3.8) is 0 Å². The van der Waals surface area contributed by atoms with Crippen LogP contribution in [0.2, 0.25) is 5.02 Å². The predicted molar refractivity (Wildman–Crippen MR) is 82.4 cm³/mol. The summed E-state index contributed by atoms with van der Waals surface area (Å²) in [5.74, 6) is 0.525. The third-order valence-corrected chi connectivity index (χ3v) is 4.04. The van der Waals surface area contributed by atoms with Crippen molar-refractivity contribution >= 4 is 29.7 Å². The molecule has 2 N–H and O–H groups in total. The van der Waals surface area contributed by atoms with Crippen LogP contribution in [0.15, 0.2) is 18.2 Å². The quantitative estimate of drug-likeness (QED) is 0.684. The summed E-state index contributed by atoms with van der Waals surface area (Å²) in [6.07, 6.45) is 1.09. The van der Waals surface area contributed by atoms with Gasteiger partial charge < -0.3 is 5.73 Å². The molecular formula is C13H19Cl2N3O2. The fraction of sp³-hybridized carbons (Fsp3) is 0.538. The molecule has 2 unspecified atom stereocenters. The molecule has 112 valence electrons. The summed E-state index contributed by atoms with van der Waals surface area (Å²) in [7, 11) is 0. The Morgan fingerprint density at radius 3 is 2.80 bits per heavy atom. The molecule has 2 atom stereocenters. The monoisotopic (exact) mass is 319 g/mol. The molecule has 0 aliphatic carbocycles. The van der Waals surface area contributed by atoms with E-state index < -0.39 is 4.92 Å². The molecule has 0 bridgehead atoms. The van der Waals surface area contributed by atoms with Gasteiger partial charge in [0, 0.05) is 25.2 Å². The van der Waals surface area contributed by atoms with Crippen LogP contribution in [0.1, 0.15) is 18.9 Å². The standard InChI is InChI=1S/C13H18ClN3O2.ClH/c1-9-4-11(6-15)8-16(9)7-10-2-3-12(14)13(5-10)17(18)19;/h2-3,5,9,11H,4,6-8,15H2,1H3;1H. The van der Waals surface area contributed by atoms with E-state index in [-0.39, 0.29) is 23.1 Å². The van der Waals surface area contributed by atoms with Gasteiger partial charge in [0.1, 0.15) is 5.02 Å². The van der Waals surface area contributed by atoms with Crippen molar-refractivity contribution < 1.29 is 4.92 Å². The van der Waals surface area contributed by atoms with Crippen LogP contribution in [0.4, 0.5) is 5.69 Å². The highest BCUT2D eigenvalue weighted by molar-refractivity contribution is 6.32. The third kappa shape index (κ3) is 3.82. The lowest BCUT2D eigenvalue weighted by molar-refractivity contribution is -0.384. The summed E-state index contributed by atoms with van der Waals surface area (Å²) in [5.41, 5.74) is 6.59. The lowest BCUT2D eigenvalue weighted by Gasteiger charge is -2.21. The van der Waals surface area contributed by atoms with Crippen molar-refractivity contribution in [1.82, 2.24) is 4.90 Å². The van der Waals surface area contributed by atoms with E-state index in [0.29, 0.717) is 25.0 Å². The Morgan fingerprint density at radius 1 is 1.55 bits per heavy atom. The van der Waals surface area contributed by atoms with Gasteiger partial charge in [-0.15, -0.1) is 12.4 Å². The van der Waals surface area contributed by atoms with Crippen LogP contribution in [0, 0.1) is 16.0 Å². The normalized spacial score (nSPS) is 22.6. The maximum Gasteiger partial charge on any atom is 0.288 e. The smallest absolute Gasteiger partial charge is 0.288 e. The number of halogens is 2. The SMILES string of the molecule is CC1CC(CN)CN1Cc1ccc(Cl)c([N+](=O)[O-])c1.Cl. The van der Waals surface area contributed by atoms with E-state index in [4.69, 9.17) is 17.3 Å². The molecule has 1 aliphatic rings. The molecule has 1 aromatic carbocycles. The minimum atomic E-state index is -0.443. The molecule has 0 spiro atoms. The number of benzene rings is 1. The van der Waals surface area contributed by atoms with E-state index in [1.807, 2.05) is 6.07 Å². The minimum Gasteiger partial charge on any atom is -0.330 e. The molecule has 0 amide bonds. The first-order chi connectivity index (χ1) is 9.01. The van der Waals surface area contributed by atoms with Crippen LogP contribution in [0.3, 0.4) is 0 Å². The molecule has 0 saturated carbocycles. The van der Waals surface area contributed by atoms with E-state index in [2.05, 4.69) is 11.8 Å².